The first-order valence-electron chi connectivity index (χ1n) is 19.4. The molecule has 0 fully saturated rings. The van der Waals surface area contributed by atoms with E-state index in [0.29, 0.717) is 11.8 Å². The van der Waals surface area contributed by atoms with Crippen LogP contribution in [0.3, 0.4) is 0 Å². The molecule has 53 heavy (non-hydrogen) atoms. The van der Waals surface area contributed by atoms with Crippen molar-refractivity contribution in [3.8, 4) is 0 Å². The van der Waals surface area contributed by atoms with E-state index in [2.05, 4.69) is 173 Å². The van der Waals surface area contributed by atoms with Gasteiger partial charge in [0.1, 0.15) is 5.00 Å². The van der Waals surface area contributed by atoms with E-state index in [9.17, 15) is 0 Å². The smallest absolute Gasteiger partial charge is 0.101 e. The third kappa shape index (κ3) is 9.17. The maximum absolute atomic E-state index is 5.17. The van der Waals surface area contributed by atoms with Crippen molar-refractivity contribution in [3.63, 3.8) is 0 Å². The quantitative estimate of drug-likeness (QED) is 0.125. The summed E-state index contributed by atoms with van der Waals surface area (Å²) in [5.74, 6) is 1.18. The van der Waals surface area contributed by atoms with Crippen LogP contribution < -0.4 is 4.90 Å². The van der Waals surface area contributed by atoms with Crippen LogP contribution in [-0.2, 0) is 0 Å². The van der Waals surface area contributed by atoms with Crippen molar-refractivity contribution < 1.29 is 0 Å². The molecule has 3 aromatic carbocycles. The summed E-state index contributed by atoms with van der Waals surface area (Å²) in [6.45, 7) is 17.8. The van der Waals surface area contributed by atoms with E-state index in [1.807, 2.05) is 36.5 Å². The molecule has 3 nitrogen and oxygen atoms in total. The lowest BCUT2D eigenvalue weighted by Crippen LogP contribution is -2.36. The van der Waals surface area contributed by atoms with Crippen molar-refractivity contribution in [2.75, 3.05) is 11.9 Å². The maximum Gasteiger partial charge on any atom is 0.101 e. The van der Waals surface area contributed by atoms with Gasteiger partial charge in [-0.15, -0.1) is 22.7 Å². The highest BCUT2D eigenvalue weighted by Crippen LogP contribution is 2.52. The molecule has 0 N–H and O–H groups in total. The third-order valence-corrected chi connectivity index (χ3v) is 12.9. The second-order valence-electron chi connectivity index (χ2n) is 13.5. The highest BCUT2D eigenvalue weighted by Gasteiger charge is 2.43. The van der Waals surface area contributed by atoms with E-state index in [0.717, 1.165) is 19.3 Å². The average Bonchev–Trinajstić information content (AvgIpc) is 3.96. The minimum Gasteiger partial charge on any atom is -0.302 e. The number of benzene rings is 3. The Hall–Kier alpha value is -3.68. The molecule has 0 amide bonds. The topological polar surface area (TPSA) is 18.8 Å². The lowest BCUT2D eigenvalue weighted by molar-refractivity contribution is 0.580. The van der Waals surface area contributed by atoms with Gasteiger partial charge in [-0.1, -0.05) is 122 Å². The molecule has 1 aliphatic carbocycles. The molecule has 3 unspecified atom stereocenters. The Labute approximate surface area is 332 Å². The molecule has 278 valence electrons. The van der Waals surface area contributed by atoms with E-state index < -0.39 is 0 Å². The van der Waals surface area contributed by atoms with Gasteiger partial charge in [-0.05, 0) is 109 Å². The molecule has 6 heteroatoms. The number of hydrogen-bond acceptors (Lipinski definition) is 6. The van der Waals surface area contributed by atoms with Crippen molar-refractivity contribution in [1.82, 2.24) is 4.31 Å². The van der Waals surface area contributed by atoms with Crippen LogP contribution in [0.4, 0.5) is 16.4 Å². The Morgan fingerprint density at radius 2 is 1.26 bits per heavy atom. The third-order valence-electron chi connectivity index (χ3n) is 10.0. The Morgan fingerprint density at radius 1 is 0.698 bits per heavy atom. The van der Waals surface area contributed by atoms with Crippen molar-refractivity contribution in [2.24, 2.45) is 10.3 Å². The van der Waals surface area contributed by atoms with E-state index in [1.54, 1.807) is 17.7 Å². The largest absolute Gasteiger partial charge is 0.302 e. The second kappa shape index (κ2) is 19.6. The number of thiophene rings is 2. The Kier molecular flexibility index (Phi) is 15.0. The summed E-state index contributed by atoms with van der Waals surface area (Å²) < 4.78 is 7.53. The second-order valence-corrected chi connectivity index (χ2v) is 16.8. The zero-order valence-corrected chi connectivity index (χ0v) is 35.5. The van der Waals surface area contributed by atoms with Gasteiger partial charge in [0.2, 0.25) is 0 Å². The van der Waals surface area contributed by atoms with Crippen LogP contribution in [-0.4, -0.2) is 23.1 Å². The van der Waals surface area contributed by atoms with E-state index >= 15 is 0 Å². The molecule has 3 heterocycles. The van der Waals surface area contributed by atoms with Gasteiger partial charge < -0.3 is 4.90 Å². The van der Waals surface area contributed by atoms with E-state index in [4.69, 9.17) is 4.40 Å². The molecule has 0 saturated heterocycles. The molecular formula is C47H57N3S3. The number of fused-ring (bicyclic) bond motifs is 1. The Balaban J connectivity index is 0.000000388. The van der Waals surface area contributed by atoms with Crippen molar-refractivity contribution in [3.05, 3.63) is 147 Å². The number of likely N-dealkylation sites (N-methyl/N-ethyl adjacent to an activating group) is 1. The van der Waals surface area contributed by atoms with Crippen LogP contribution in [0.1, 0.15) is 100 Å². The van der Waals surface area contributed by atoms with Gasteiger partial charge in [0.05, 0.1) is 23.9 Å². The van der Waals surface area contributed by atoms with Crippen LogP contribution in [0.25, 0.3) is 11.1 Å². The SMILES string of the molecule is CC.CCC(C)c1ccccc1.CCCC1=C(c2ccc(N(c3ccccc3)c3ccccc3)s2)C2=NSN(C)C2C(c2ccc(C)s2)=C1C(C)CC. The first-order chi connectivity index (χ1) is 25.9. The predicted molar refractivity (Wildman–Crippen MR) is 239 cm³/mol. The van der Waals surface area contributed by atoms with Crippen LogP contribution in [0.15, 0.2) is 131 Å². The number of para-hydroxylation sites is 2. The molecule has 5 aromatic rings. The number of rotatable bonds is 11. The summed E-state index contributed by atoms with van der Waals surface area (Å²) >= 11 is 5.41. The van der Waals surface area contributed by atoms with Gasteiger partial charge in [0, 0.05) is 38.6 Å². The summed E-state index contributed by atoms with van der Waals surface area (Å²) in [5.41, 5.74) is 10.9. The van der Waals surface area contributed by atoms with Gasteiger partial charge in [-0.25, -0.2) is 8.70 Å². The van der Waals surface area contributed by atoms with Gasteiger partial charge in [0.15, 0.2) is 0 Å². The lowest BCUT2D eigenvalue weighted by atomic mass is 9.73. The highest BCUT2D eigenvalue weighted by molar-refractivity contribution is 7.96. The predicted octanol–water partition coefficient (Wildman–Crippen LogP) is 15.2. The number of nitrogens with zero attached hydrogens (tertiary/aromatic N) is 3. The summed E-state index contributed by atoms with van der Waals surface area (Å²) in [6, 6.07) is 41.4. The number of hydrogen-bond donors (Lipinski definition) is 0. The van der Waals surface area contributed by atoms with Crippen LogP contribution in [0, 0.1) is 12.8 Å². The Morgan fingerprint density at radius 3 is 1.79 bits per heavy atom. The number of anilines is 3. The minimum absolute atomic E-state index is 0.155. The average molecular weight is 760 g/mol. The monoisotopic (exact) mass is 759 g/mol. The lowest BCUT2D eigenvalue weighted by Gasteiger charge is -2.35. The van der Waals surface area contributed by atoms with Crippen LogP contribution in [0.5, 0.6) is 0 Å². The fourth-order valence-corrected chi connectivity index (χ4v) is 9.82. The first kappa shape index (κ1) is 40.5. The van der Waals surface area contributed by atoms with Gasteiger partial charge in [-0.2, -0.15) is 0 Å². The van der Waals surface area contributed by atoms with Gasteiger partial charge in [0.25, 0.3) is 0 Å². The molecule has 0 radical (unpaired) electrons. The molecule has 0 bridgehead atoms. The van der Waals surface area contributed by atoms with E-state index in [1.165, 1.54) is 65.4 Å². The van der Waals surface area contributed by atoms with Crippen molar-refractivity contribution >= 4 is 68.0 Å². The molecule has 2 aromatic heterocycles. The first-order valence-corrected chi connectivity index (χ1v) is 21.8. The van der Waals surface area contributed by atoms with E-state index in [-0.39, 0.29) is 6.04 Å². The fraction of sp³-hybridized carbons (Fsp3) is 0.340. The summed E-state index contributed by atoms with van der Waals surface area (Å²) in [5, 5.41) is 1.21. The zero-order chi connectivity index (χ0) is 37.9. The molecule has 0 saturated carbocycles. The molecular weight excluding hydrogens is 703 g/mol. The molecule has 3 atom stereocenters. The van der Waals surface area contributed by atoms with Crippen LogP contribution in [0.2, 0.25) is 0 Å². The Bertz CT molecular complexity index is 1930. The van der Waals surface area contributed by atoms with Crippen molar-refractivity contribution in [2.45, 2.75) is 93.0 Å². The highest BCUT2D eigenvalue weighted by atomic mass is 32.2. The zero-order valence-electron chi connectivity index (χ0n) is 33.1. The van der Waals surface area contributed by atoms with Crippen molar-refractivity contribution in [1.29, 1.82) is 0 Å². The van der Waals surface area contributed by atoms with Gasteiger partial charge in [-0.3, -0.25) is 0 Å². The summed E-state index contributed by atoms with van der Waals surface area (Å²) in [6.07, 6.45) is 4.50. The summed E-state index contributed by atoms with van der Waals surface area (Å²) in [7, 11) is 2.20. The normalized spacial score (nSPS) is 16.5. The molecule has 1 aliphatic heterocycles. The summed E-state index contributed by atoms with van der Waals surface area (Å²) in [4.78, 5) is 6.43. The molecule has 2 aliphatic rings. The molecule has 7 rings (SSSR count). The maximum atomic E-state index is 5.17. The number of allylic oxidation sites excluding steroid dienone is 2. The molecule has 0 spiro atoms. The number of aryl methyl sites for hydroxylation is 1. The minimum atomic E-state index is 0.155. The standard InChI is InChI=1S/C35H37N3S3.C10H14.C2H6/c1-6-14-27-31(23(3)7-2)33(29-20-19-24(4)39-29)35-34(36-41-37(35)5)32(27)28-21-22-30(40-28)38(25-15-10-8-11-16-25)26-17-12-9-13-18-26;1-3-9(2)10-7-5-4-6-8-10;1-2/h8-13,15-23,35H,6-7,14H2,1-5H3;4-9H,3H2,1-2H3;1-2H3. The van der Waals surface area contributed by atoms with Gasteiger partial charge >= 0.3 is 0 Å². The fourth-order valence-electron chi connectivity index (χ4n) is 7.03. The van der Waals surface area contributed by atoms with Crippen LogP contribution >= 0.6 is 34.8 Å².